The first-order valence-corrected chi connectivity index (χ1v) is 10.4. The molecule has 1 aromatic rings. The summed E-state index contributed by atoms with van der Waals surface area (Å²) in [4.78, 5) is 25.7. The maximum absolute atomic E-state index is 13.0. The third-order valence-corrected chi connectivity index (χ3v) is 6.85. The van der Waals surface area contributed by atoms with Crippen molar-refractivity contribution in [2.45, 2.75) is 31.6 Å². The highest BCUT2D eigenvalue weighted by Gasteiger charge is 2.31. The van der Waals surface area contributed by atoms with Gasteiger partial charge < -0.3 is 14.7 Å². The van der Waals surface area contributed by atoms with E-state index in [0.717, 1.165) is 0 Å². The number of ether oxygens (including phenoxy) is 1. The molecule has 2 rings (SSSR count). The number of carboxylic acids is 1. The molecule has 0 spiro atoms. The average Bonchev–Trinajstić information content (AvgIpc) is 2.67. The van der Waals surface area contributed by atoms with Gasteiger partial charge in [0.05, 0.1) is 23.5 Å². The zero-order valence-corrected chi connectivity index (χ0v) is 16.7. The van der Waals surface area contributed by atoms with Crippen LogP contribution in [0.2, 0.25) is 0 Å². The molecular formula is C18H26N2O6S. The van der Waals surface area contributed by atoms with Crippen LogP contribution in [0.3, 0.4) is 0 Å². The van der Waals surface area contributed by atoms with Crippen molar-refractivity contribution in [3.8, 4) is 5.75 Å². The first-order valence-electron chi connectivity index (χ1n) is 8.96. The van der Waals surface area contributed by atoms with Crippen molar-refractivity contribution in [2.75, 3.05) is 33.3 Å². The summed E-state index contributed by atoms with van der Waals surface area (Å²) in [6.07, 6.45) is 1.11. The van der Waals surface area contributed by atoms with Crippen LogP contribution in [0.4, 0.5) is 0 Å². The number of sulfonamides is 1. The Hall–Kier alpha value is -2.13. The van der Waals surface area contributed by atoms with Crippen molar-refractivity contribution in [3.63, 3.8) is 0 Å². The SMILES string of the molecule is CCN(CC)S(=O)(=O)c1ccc(OC)c(C(=O)N2CCCC(C(=O)O)C2)c1. The van der Waals surface area contributed by atoms with Gasteiger partial charge in [-0.05, 0) is 31.0 Å². The van der Waals surface area contributed by atoms with E-state index in [-0.39, 0.29) is 22.8 Å². The predicted molar refractivity (Wildman–Crippen MR) is 99.4 cm³/mol. The predicted octanol–water partition coefficient (Wildman–Crippen LogP) is 1.66. The van der Waals surface area contributed by atoms with Crippen LogP contribution in [0, 0.1) is 5.92 Å². The monoisotopic (exact) mass is 398 g/mol. The number of carbonyl (C=O) groups is 2. The molecule has 0 aliphatic carbocycles. The van der Waals surface area contributed by atoms with E-state index in [1.165, 1.54) is 34.5 Å². The largest absolute Gasteiger partial charge is 0.496 e. The van der Waals surface area contributed by atoms with Crippen LogP contribution >= 0.6 is 0 Å². The Balaban J connectivity index is 2.40. The first-order chi connectivity index (χ1) is 12.8. The smallest absolute Gasteiger partial charge is 0.308 e. The second kappa shape index (κ2) is 8.71. The minimum Gasteiger partial charge on any atom is -0.496 e. The van der Waals surface area contributed by atoms with E-state index in [2.05, 4.69) is 0 Å². The maximum atomic E-state index is 13.0. The Morgan fingerprint density at radius 1 is 1.30 bits per heavy atom. The van der Waals surface area contributed by atoms with Crippen LogP contribution in [0.25, 0.3) is 0 Å². The number of likely N-dealkylation sites (tertiary alicyclic amines) is 1. The number of piperidine rings is 1. The molecule has 27 heavy (non-hydrogen) atoms. The normalized spacial score (nSPS) is 17.8. The number of rotatable bonds is 7. The summed E-state index contributed by atoms with van der Waals surface area (Å²) in [5.41, 5.74) is 0.122. The number of benzene rings is 1. The van der Waals surface area contributed by atoms with Gasteiger partial charge in [0, 0.05) is 26.2 Å². The summed E-state index contributed by atoms with van der Waals surface area (Å²) in [6.45, 7) is 4.66. The van der Waals surface area contributed by atoms with E-state index in [1.54, 1.807) is 13.8 Å². The molecule has 1 aliphatic heterocycles. The molecule has 1 atom stereocenters. The number of carbonyl (C=O) groups excluding carboxylic acids is 1. The van der Waals surface area contributed by atoms with E-state index in [0.29, 0.717) is 32.5 Å². The molecule has 1 saturated heterocycles. The van der Waals surface area contributed by atoms with Crippen LogP contribution < -0.4 is 4.74 Å². The van der Waals surface area contributed by atoms with Crippen molar-refractivity contribution in [1.29, 1.82) is 0 Å². The summed E-state index contributed by atoms with van der Waals surface area (Å²) in [5, 5.41) is 9.23. The van der Waals surface area contributed by atoms with Gasteiger partial charge >= 0.3 is 5.97 Å². The van der Waals surface area contributed by atoms with Gasteiger partial charge in [-0.2, -0.15) is 4.31 Å². The molecule has 1 aromatic carbocycles. The second-order valence-electron chi connectivity index (χ2n) is 6.38. The minimum atomic E-state index is -3.72. The molecule has 1 aliphatic rings. The van der Waals surface area contributed by atoms with Crippen molar-refractivity contribution in [2.24, 2.45) is 5.92 Å². The fourth-order valence-corrected chi connectivity index (χ4v) is 4.75. The minimum absolute atomic E-state index is 0.0159. The van der Waals surface area contributed by atoms with Crippen molar-refractivity contribution >= 4 is 21.9 Å². The van der Waals surface area contributed by atoms with Gasteiger partial charge in [-0.1, -0.05) is 13.8 Å². The number of hydrogen-bond donors (Lipinski definition) is 1. The van der Waals surface area contributed by atoms with E-state index in [4.69, 9.17) is 4.74 Å². The van der Waals surface area contributed by atoms with Gasteiger partial charge in [0.15, 0.2) is 0 Å². The number of amides is 1. The van der Waals surface area contributed by atoms with E-state index < -0.39 is 27.8 Å². The van der Waals surface area contributed by atoms with E-state index in [1.807, 2.05) is 0 Å². The Morgan fingerprint density at radius 2 is 1.96 bits per heavy atom. The molecule has 0 radical (unpaired) electrons. The molecule has 0 bridgehead atoms. The molecule has 0 aromatic heterocycles. The van der Waals surface area contributed by atoms with Gasteiger partial charge in [0.25, 0.3) is 5.91 Å². The molecule has 1 heterocycles. The first kappa shape index (κ1) is 21.2. The Labute approximate surface area is 159 Å². The third-order valence-electron chi connectivity index (χ3n) is 4.80. The standard InChI is InChI=1S/C18H26N2O6S/c1-4-20(5-2)27(24,25)14-8-9-16(26-3)15(11-14)17(21)19-10-6-7-13(12-19)18(22)23/h8-9,11,13H,4-7,10,12H2,1-3H3,(H,22,23). The number of nitrogens with zero attached hydrogens (tertiary/aromatic N) is 2. The van der Waals surface area contributed by atoms with E-state index in [9.17, 15) is 23.1 Å². The number of hydrogen-bond acceptors (Lipinski definition) is 5. The summed E-state index contributed by atoms with van der Waals surface area (Å²) in [7, 11) is -2.32. The fraction of sp³-hybridized carbons (Fsp3) is 0.556. The van der Waals surface area contributed by atoms with Crippen LogP contribution in [0.1, 0.15) is 37.0 Å². The molecule has 150 valence electrons. The molecule has 0 saturated carbocycles. The molecule has 1 N–H and O–H groups in total. The van der Waals surface area contributed by atoms with Gasteiger partial charge in [0.2, 0.25) is 10.0 Å². The Bertz CT molecular complexity index is 804. The lowest BCUT2D eigenvalue weighted by Crippen LogP contribution is -2.42. The lowest BCUT2D eigenvalue weighted by molar-refractivity contribution is -0.143. The Morgan fingerprint density at radius 3 is 2.52 bits per heavy atom. The quantitative estimate of drug-likeness (QED) is 0.749. The van der Waals surface area contributed by atoms with Crippen molar-refractivity contribution in [3.05, 3.63) is 23.8 Å². The topological polar surface area (TPSA) is 104 Å². The lowest BCUT2D eigenvalue weighted by atomic mass is 9.97. The zero-order chi connectivity index (χ0) is 20.2. The van der Waals surface area contributed by atoms with Gasteiger partial charge in [0.1, 0.15) is 5.75 Å². The van der Waals surface area contributed by atoms with Crippen LogP contribution in [-0.2, 0) is 14.8 Å². The lowest BCUT2D eigenvalue weighted by Gasteiger charge is -2.31. The Kier molecular flexibility index (Phi) is 6.83. The van der Waals surface area contributed by atoms with Crippen LogP contribution in [-0.4, -0.2) is 67.9 Å². The fourth-order valence-electron chi connectivity index (χ4n) is 3.26. The van der Waals surface area contributed by atoms with Gasteiger partial charge in [-0.3, -0.25) is 9.59 Å². The summed E-state index contributed by atoms with van der Waals surface area (Å²) >= 11 is 0. The highest BCUT2D eigenvalue weighted by molar-refractivity contribution is 7.89. The van der Waals surface area contributed by atoms with Crippen molar-refractivity contribution in [1.82, 2.24) is 9.21 Å². The van der Waals surface area contributed by atoms with Crippen molar-refractivity contribution < 1.29 is 27.9 Å². The molecule has 9 heteroatoms. The van der Waals surface area contributed by atoms with Gasteiger partial charge in [-0.15, -0.1) is 0 Å². The van der Waals surface area contributed by atoms with Crippen LogP contribution in [0.5, 0.6) is 5.75 Å². The molecule has 1 unspecified atom stereocenters. The molecule has 1 fully saturated rings. The zero-order valence-electron chi connectivity index (χ0n) is 15.8. The number of aliphatic carboxylic acids is 1. The maximum Gasteiger partial charge on any atom is 0.308 e. The highest BCUT2D eigenvalue weighted by atomic mass is 32.2. The molecular weight excluding hydrogens is 372 g/mol. The summed E-state index contributed by atoms with van der Waals surface area (Å²) in [6, 6.07) is 4.20. The molecule has 1 amide bonds. The second-order valence-corrected chi connectivity index (χ2v) is 8.32. The van der Waals surface area contributed by atoms with Gasteiger partial charge in [-0.25, -0.2) is 8.42 Å². The van der Waals surface area contributed by atoms with Crippen LogP contribution in [0.15, 0.2) is 23.1 Å². The number of methoxy groups -OCH3 is 1. The van der Waals surface area contributed by atoms with E-state index >= 15 is 0 Å². The third kappa shape index (κ3) is 4.41. The summed E-state index contributed by atoms with van der Waals surface area (Å²) < 4.78 is 32.1. The average molecular weight is 398 g/mol. The highest BCUT2D eigenvalue weighted by Crippen LogP contribution is 2.27. The molecule has 8 nitrogen and oxygen atoms in total. The summed E-state index contributed by atoms with van der Waals surface area (Å²) in [5.74, 6) is -1.71. The number of carboxylic acid groups (broad SMARTS) is 1.